The standard InChI is InChI=1S/C16H26N4O4/c1-11-7-12(2)20(17-11)8-15(22)19-5-3-18(4-6-19)13-9-24-10-14(21)16(13)23/h7,13-14,16,21,23H,3-6,8-10H2,1-2H3/t13-,14-,16+/m1/s1. The van der Waals surface area contributed by atoms with E-state index in [1.165, 1.54) is 0 Å². The van der Waals surface area contributed by atoms with Crippen LogP contribution in [0.2, 0.25) is 0 Å². The smallest absolute Gasteiger partial charge is 0.244 e. The van der Waals surface area contributed by atoms with Crippen LogP contribution >= 0.6 is 0 Å². The fourth-order valence-electron chi connectivity index (χ4n) is 3.45. The third kappa shape index (κ3) is 3.61. The van der Waals surface area contributed by atoms with Gasteiger partial charge in [-0.25, -0.2) is 0 Å². The van der Waals surface area contributed by atoms with Crippen molar-refractivity contribution in [2.24, 2.45) is 0 Å². The van der Waals surface area contributed by atoms with Crippen molar-refractivity contribution < 1.29 is 19.7 Å². The number of aliphatic hydroxyl groups is 2. The number of carbonyl (C=O) groups is 1. The Morgan fingerprint density at radius 3 is 2.58 bits per heavy atom. The molecule has 2 saturated heterocycles. The van der Waals surface area contributed by atoms with Gasteiger partial charge >= 0.3 is 0 Å². The topological polar surface area (TPSA) is 91.1 Å². The summed E-state index contributed by atoms with van der Waals surface area (Å²) in [6, 6.07) is 1.75. The molecule has 0 saturated carbocycles. The maximum atomic E-state index is 12.5. The highest BCUT2D eigenvalue weighted by Crippen LogP contribution is 2.17. The zero-order valence-corrected chi connectivity index (χ0v) is 14.3. The molecule has 8 nitrogen and oxygen atoms in total. The molecule has 3 atom stereocenters. The number of ether oxygens (including phenoxy) is 1. The van der Waals surface area contributed by atoms with Gasteiger partial charge in [0.15, 0.2) is 0 Å². The van der Waals surface area contributed by atoms with Gasteiger partial charge in [0.1, 0.15) is 12.6 Å². The van der Waals surface area contributed by atoms with Gasteiger partial charge in [0.2, 0.25) is 5.91 Å². The maximum absolute atomic E-state index is 12.5. The molecule has 2 N–H and O–H groups in total. The third-order valence-electron chi connectivity index (χ3n) is 4.89. The Balaban J connectivity index is 1.53. The van der Waals surface area contributed by atoms with Gasteiger partial charge in [-0.2, -0.15) is 5.10 Å². The first-order valence-electron chi connectivity index (χ1n) is 8.42. The predicted molar refractivity (Wildman–Crippen MR) is 86.5 cm³/mol. The van der Waals surface area contributed by atoms with Crippen molar-refractivity contribution in [3.05, 3.63) is 17.5 Å². The van der Waals surface area contributed by atoms with E-state index in [1.807, 2.05) is 24.8 Å². The predicted octanol–water partition coefficient (Wildman–Crippen LogP) is -1.24. The highest BCUT2D eigenvalue weighted by molar-refractivity contribution is 5.76. The molecule has 0 spiro atoms. The van der Waals surface area contributed by atoms with Crippen LogP contribution < -0.4 is 0 Å². The molecule has 3 heterocycles. The molecule has 3 rings (SSSR count). The Hall–Kier alpha value is -1.48. The molecule has 2 fully saturated rings. The number of hydrogen-bond donors (Lipinski definition) is 2. The molecule has 2 aliphatic rings. The Kier molecular flexibility index (Phi) is 5.19. The monoisotopic (exact) mass is 338 g/mol. The Morgan fingerprint density at radius 2 is 1.96 bits per heavy atom. The number of rotatable bonds is 3. The second-order valence-corrected chi connectivity index (χ2v) is 6.66. The highest BCUT2D eigenvalue weighted by Gasteiger charge is 2.37. The van der Waals surface area contributed by atoms with Crippen LogP contribution in [0.4, 0.5) is 0 Å². The molecule has 8 heteroatoms. The molecule has 0 radical (unpaired) electrons. The second-order valence-electron chi connectivity index (χ2n) is 6.66. The van der Waals surface area contributed by atoms with Crippen LogP contribution in [0.5, 0.6) is 0 Å². The van der Waals surface area contributed by atoms with Crippen molar-refractivity contribution in [3.8, 4) is 0 Å². The summed E-state index contributed by atoms with van der Waals surface area (Å²) >= 11 is 0. The molecule has 1 amide bonds. The lowest BCUT2D eigenvalue weighted by atomic mass is 10.0. The van der Waals surface area contributed by atoms with Gasteiger partial charge in [-0.15, -0.1) is 0 Å². The van der Waals surface area contributed by atoms with E-state index in [9.17, 15) is 15.0 Å². The summed E-state index contributed by atoms with van der Waals surface area (Å²) in [5.41, 5.74) is 1.89. The quantitative estimate of drug-likeness (QED) is 0.717. The van der Waals surface area contributed by atoms with Crippen LogP contribution in [-0.2, 0) is 16.1 Å². The number of piperazine rings is 1. The number of carbonyl (C=O) groups excluding carboxylic acids is 1. The first-order valence-corrected chi connectivity index (χ1v) is 8.42. The van der Waals surface area contributed by atoms with Crippen molar-refractivity contribution in [2.45, 2.75) is 38.6 Å². The van der Waals surface area contributed by atoms with Crippen LogP contribution in [0.1, 0.15) is 11.4 Å². The van der Waals surface area contributed by atoms with E-state index in [0.717, 1.165) is 11.4 Å². The van der Waals surface area contributed by atoms with Crippen molar-refractivity contribution in [2.75, 3.05) is 39.4 Å². The first-order chi connectivity index (χ1) is 11.5. The van der Waals surface area contributed by atoms with E-state index >= 15 is 0 Å². The van der Waals surface area contributed by atoms with E-state index < -0.39 is 12.2 Å². The second kappa shape index (κ2) is 7.18. The largest absolute Gasteiger partial charge is 0.389 e. The molecule has 24 heavy (non-hydrogen) atoms. The zero-order valence-electron chi connectivity index (χ0n) is 14.3. The average molecular weight is 338 g/mol. The van der Waals surface area contributed by atoms with Crippen LogP contribution in [0, 0.1) is 13.8 Å². The summed E-state index contributed by atoms with van der Waals surface area (Å²) in [4.78, 5) is 16.4. The van der Waals surface area contributed by atoms with Gasteiger partial charge in [0.25, 0.3) is 0 Å². The first kappa shape index (κ1) is 17.3. The number of aryl methyl sites for hydroxylation is 2. The van der Waals surface area contributed by atoms with Crippen LogP contribution in [-0.4, -0.2) is 93.3 Å². The van der Waals surface area contributed by atoms with Gasteiger partial charge in [0.05, 0.1) is 31.1 Å². The zero-order chi connectivity index (χ0) is 17.3. The van der Waals surface area contributed by atoms with Crippen molar-refractivity contribution in [3.63, 3.8) is 0 Å². The van der Waals surface area contributed by atoms with E-state index in [1.54, 1.807) is 4.68 Å². The fraction of sp³-hybridized carbons (Fsp3) is 0.750. The summed E-state index contributed by atoms with van der Waals surface area (Å²) in [7, 11) is 0. The molecule has 0 unspecified atom stereocenters. The molecule has 0 aliphatic carbocycles. The van der Waals surface area contributed by atoms with E-state index in [4.69, 9.17) is 4.74 Å². The van der Waals surface area contributed by atoms with Crippen LogP contribution in [0.15, 0.2) is 6.07 Å². The number of amides is 1. The molecule has 0 aromatic carbocycles. The van der Waals surface area contributed by atoms with Gasteiger partial charge in [-0.1, -0.05) is 0 Å². The average Bonchev–Trinajstić information content (AvgIpc) is 2.87. The Morgan fingerprint density at radius 1 is 1.25 bits per heavy atom. The minimum Gasteiger partial charge on any atom is -0.389 e. The third-order valence-corrected chi connectivity index (χ3v) is 4.89. The molecule has 134 valence electrons. The normalized spacial score (nSPS) is 29.0. The van der Waals surface area contributed by atoms with E-state index in [2.05, 4.69) is 10.00 Å². The lowest BCUT2D eigenvalue weighted by Gasteiger charge is -2.43. The SMILES string of the molecule is Cc1cc(C)n(CC(=O)N2CCN([C@@H]3COC[C@@H](O)[C@H]3O)CC2)n1. The van der Waals surface area contributed by atoms with Gasteiger partial charge in [0, 0.05) is 31.9 Å². The minimum atomic E-state index is -0.838. The Bertz CT molecular complexity index is 583. The summed E-state index contributed by atoms with van der Waals surface area (Å²) < 4.78 is 7.08. The van der Waals surface area contributed by atoms with Gasteiger partial charge in [-0.05, 0) is 19.9 Å². The lowest BCUT2D eigenvalue weighted by Crippen LogP contribution is -2.61. The van der Waals surface area contributed by atoms with Gasteiger partial charge < -0.3 is 19.8 Å². The van der Waals surface area contributed by atoms with E-state index in [0.29, 0.717) is 32.8 Å². The molecule has 1 aromatic rings. The molecule has 2 aliphatic heterocycles. The molecular weight excluding hydrogens is 312 g/mol. The molecule has 1 aromatic heterocycles. The van der Waals surface area contributed by atoms with Crippen molar-refractivity contribution in [1.82, 2.24) is 19.6 Å². The summed E-state index contributed by atoms with van der Waals surface area (Å²) in [5.74, 6) is 0.0568. The summed E-state index contributed by atoms with van der Waals surface area (Å²) in [6.45, 7) is 7.26. The Labute approximate surface area is 141 Å². The highest BCUT2D eigenvalue weighted by atomic mass is 16.5. The molecular formula is C16H26N4O4. The minimum absolute atomic E-state index is 0.0568. The van der Waals surface area contributed by atoms with Crippen molar-refractivity contribution in [1.29, 1.82) is 0 Å². The van der Waals surface area contributed by atoms with Crippen LogP contribution in [0.25, 0.3) is 0 Å². The van der Waals surface area contributed by atoms with Crippen LogP contribution in [0.3, 0.4) is 0 Å². The summed E-state index contributed by atoms with van der Waals surface area (Å²) in [6.07, 6.45) is -1.63. The fourth-order valence-corrected chi connectivity index (χ4v) is 3.45. The number of nitrogens with zero attached hydrogens (tertiary/aromatic N) is 4. The number of hydrogen-bond acceptors (Lipinski definition) is 6. The molecule has 0 bridgehead atoms. The van der Waals surface area contributed by atoms with E-state index in [-0.39, 0.29) is 25.1 Å². The number of aromatic nitrogens is 2. The maximum Gasteiger partial charge on any atom is 0.244 e. The lowest BCUT2D eigenvalue weighted by molar-refractivity contribution is -0.145. The van der Waals surface area contributed by atoms with Gasteiger partial charge in [-0.3, -0.25) is 14.4 Å². The number of aliphatic hydroxyl groups excluding tert-OH is 2. The summed E-state index contributed by atoms with van der Waals surface area (Å²) in [5, 5.41) is 24.2. The van der Waals surface area contributed by atoms with Crippen molar-refractivity contribution >= 4 is 5.91 Å².